The maximum atomic E-state index is 11.2. The fraction of sp³-hybridized carbons (Fsp3) is 0.375. The largest absolute Gasteiger partial charge is 0.379 e. The number of aromatic nitrogens is 5. The van der Waals surface area contributed by atoms with E-state index in [2.05, 4.69) is 15.1 Å². The van der Waals surface area contributed by atoms with E-state index in [-0.39, 0.29) is 12.5 Å². The number of nitrogens with two attached hydrogens (primary N) is 1. The fourth-order valence-electron chi connectivity index (χ4n) is 3.06. The van der Waals surface area contributed by atoms with Crippen molar-refractivity contribution in [2.75, 3.05) is 13.2 Å². The molecule has 0 aliphatic carbocycles. The maximum absolute atomic E-state index is 11.2. The SMILES string of the molecule is Cc1c(-c2nc(CC(N)=O)nn2C2CCOC2)nc2ccccn12. The number of nitrogens with zero attached hydrogens (tertiary/aromatic N) is 5. The number of pyridine rings is 1. The molecule has 3 aromatic heterocycles. The zero-order chi connectivity index (χ0) is 16.7. The van der Waals surface area contributed by atoms with Crippen molar-refractivity contribution < 1.29 is 9.53 Å². The van der Waals surface area contributed by atoms with Gasteiger partial charge in [-0.05, 0) is 25.5 Å². The first kappa shape index (κ1) is 14.8. The van der Waals surface area contributed by atoms with Gasteiger partial charge in [0.25, 0.3) is 0 Å². The van der Waals surface area contributed by atoms with Crippen molar-refractivity contribution >= 4 is 11.6 Å². The van der Waals surface area contributed by atoms with Crippen LogP contribution in [0.1, 0.15) is 24.0 Å². The number of hydrogen-bond donors (Lipinski definition) is 1. The van der Waals surface area contributed by atoms with Crippen LogP contribution < -0.4 is 5.73 Å². The molecule has 8 nitrogen and oxygen atoms in total. The van der Waals surface area contributed by atoms with Gasteiger partial charge < -0.3 is 14.9 Å². The molecular weight excluding hydrogens is 308 g/mol. The third kappa shape index (κ3) is 2.44. The van der Waals surface area contributed by atoms with E-state index in [0.717, 1.165) is 23.5 Å². The molecule has 24 heavy (non-hydrogen) atoms. The minimum atomic E-state index is -0.451. The molecule has 1 aliphatic heterocycles. The monoisotopic (exact) mass is 326 g/mol. The molecule has 1 amide bonds. The Kier molecular flexibility index (Phi) is 3.53. The lowest BCUT2D eigenvalue weighted by Crippen LogP contribution is -2.16. The van der Waals surface area contributed by atoms with Gasteiger partial charge in [-0.2, -0.15) is 5.10 Å². The number of primary amides is 1. The number of fused-ring (bicyclic) bond motifs is 1. The molecule has 3 aromatic rings. The summed E-state index contributed by atoms with van der Waals surface area (Å²) in [5, 5.41) is 4.50. The van der Waals surface area contributed by atoms with Crippen LogP contribution in [0.15, 0.2) is 24.4 Å². The first-order valence-corrected chi connectivity index (χ1v) is 7.89. The van der Waals surface area contributed by atoms with Crippen LogP contribution in [0, 0.1) is 6.92 Å². The van der Waals surface area contributed by atoms with Crippen LogP contribution in [0.2, 0.25) is 0 Å². The molecule has 0 saturated carbocycles. The van der Waals surface area contributed by atoms with Gasteiger partial charge in [-0.1, -0.05) is 6.07 Å². The second kappa shape index (κ2) is 5.72. The summed E-state index contributed by atoms with van der Waals surface area (Å²) in [6.07, 6.45) is 2.84. The third-order valence-corrected chi connectivity index (χ3v) is 4.24. The third-order valence-electron chi connectivity index (χ3n) is 4.24. The molecule has 1 fully saturated rings. The summed E-state index contributed by atoms with van der Waals surface area (Å²) in [4.78, 5) is 20.5. The molecule has 1 aliphatic rings. The molecular formula is C16H18N6O2. The number of rotatable bonds is 4. The molecule has 1 saturated heterocycles. The van der Waals surface area contributed by atoms with Crippen LogP contribution in [-0.2, 0) is 16.0 Å². The van der Waals surface area contributed by atoms with Crippen LogP contribution in [0.3, 0.4) is 0 Å². The topological polar surface area (TPSA) is 100 Å². The summed E-state index contributed by atoms with van der Waals surface area (Å²) in [5.41, 5.74) is 7.88. The summed E-state index contributed by atoms with van der Waals surface area (Å²) >= 11 is 0. The van der Waals surface area contributed by atoms with Crippen molar-refractivity contribution in [3.8, 4) is 11.5 Å². The van der Waals surface area contributed by atoms with Crippen LogP contribution in [0.4, 0.5) is 0 Å². The normalized spacial score (nSPS) is 17.6. The minimum absolute atomic E-state index is 0.0139. The van der Waals surface area contributed by atoms with Gasteiger partial charge in [0.15, 0.2) is 11.6 Å². The Morgan fingerprint density at radius 2 is 2.29 bits per heavy atom. The number of hydrogen-bond acceptors (Lipinski definition) is 5. The van der Waals surface area contributed by atoms with E-state index in [1.54, 1.807) is 0 Å². The molecule has 124 valence electrons. The quantitative estimate of drug-likeness (QED) is 0.767. The van der Waals surface area contributed by atoms with Crippen molar-refractivity contribution in [2.24, 2.45) is 5.73 Å². The molecule has 0 bridgehead atoms. The number of ether oxygens (including phenoxy) is 1. The maximum Gasteiger partial charge on any atom is 0.225 e. The van der Waals surface area contributed by atoms with Gasteiger partial charge in [-0.3, -0.25) is 4.79 Å². The Balaban J connectivity index is 1.86. The number of imidazole rings is 1. The van der Waals surface area contributed by atoms with Crippen molar-refractivity contribution in [3.05, 3.63) is 35.9 Å². The highest BCUT2D eigenvalue weighted by Crippen LogP contribution is 2.28. The molecule has 1 atom stereocenters. The Morgan fingerprint density at radius 3 is 3.00 bits per heavy atom. The average molecular weight is 326 g/mol. The lowest BCUT2D eigenvalue weighted by Gasteiger charge is -2.10. The van der Waals surface area contributed by atoms with Crippen molar-refractivity contribution in [1.82, 2.24) is 24.1 Å². The predicted octanol–water partition coefficient (Wildman–Crippen LogP) is 0.890. The number of carbonyl (C=O) groups excluding carboxylic acids is 1. The van der Waals surface area contributed by atoms with Gasteiger partial charge in [0.2, 0.25) is 5.91 Å². The van der Waals surface area contributed by atoms with E-state index in [9.17, 15) is 4.79 Å². The Labute approximate surface area is 138 Å². The fourth-order valence-corrected chi connectivity index (χ4v) is 3.06. The zero-order valence-electron chi connectivity index (χ0n) is 13.3. The minimum Gasteiger partial charge on any atom is -0.379 e. The molecule has 0 radical (unpaired) electrons. The summed E-state index contributed by atoms with van der Waals surface area (Å²) < 4.78 is 9.32. The smallest absolute Gasteiger partial charge is 0.225 e. The number of amides is 1. The van der Waals surface area contributed by atoms with E-state index in [0.29, 0.717) is 24.9 Å². The second-order valence-corrected chi connectivity index (χ2v) is 5.93. The molecule has 2 N–H and O–H groups in total. The Morgan fingerprint density at radius 1 is 1.42 bits per heavy atom. The molecule has 0 spiro atoms. The van der Waals surface area contributed by atoms with Crippen LogP contribution in [-0.4, -0.2) is 43.3 Å². The highest BCUT2D eigenvalue weighted by atomic mass is 16.5. The van der Waals surface area contributed by atoms with Gasteiger partial charge in [0.05, 0.1) is 24.8 Å². The highest BCUT2D eigenvalue weighted by Gasteiger charge is 2.26. The lowest BCUT2D eigenvalue weighted by molar-refractivity contribution is -0.117. The molecule has 0 aromatic carbocycles. The zero-order valence-corrected chi connectivity index (χ0v) is 13.3. The van der Waals surface area contributed by atoms with Gasteiger partial charge in [0.1, 0.15) is 11.3 Å². The van der Waals surface area contributed by atoms with E-state index >= 15 is 0 Å². The molecule has 4 rings (SSSR count). The molecule has 4 heterocycles. The Bertz CT molecular complexity index is 907. The standard InChI is InChI=1S/C16H18N6O2/c1-10-15(19-14-4-2-3-6-21(10)14)16-18-13(8-12(17)23)20-22(16)11-5-7-24-9-11/h2-4,6,11H,5,7-9H2,1H3,(H2,17,23). The molecule has 8 heteroatoms. The predicted molar refractivity (Wildman–Crippen MR) is 86.3 cm³/mol. The summed E-state index contributed by atoms with van der Waals surface area (Å²) in [6, 6.07) is 5.94. The second-order valence-electron chi connectivity index (χ2n) is 5.93. The van der Waals surface area contributed by atoms with Crippen molar-refractivity contribution in [2.45, 2.75) is 25.8 Å². The van der Waals surface area contributed by atoms with Crippen LogP contribution in [0.5, 0.6) is 0 Å². The van der Waals surface area contributed by atoms with E-state index in [4.69, 9.17) is 10.5 Å². The van der Waals surface area contributed by atoms with Crippen molar-refractivity contribution in [3.63, 3.8) is 0 Å². The number of aryl methyl sites for hydroxylation is 1. The lowest BCUT2D eigenvalue weighted by atomic mass is 10.2. The number of carbonyl (C=O) groups is 1. The summed E-state index contributed by atoms with van der Waals surface area (Å²) in [6.45, 7) is 3.27. The summed E-state index contributed by atoms with van der Waals surface area (Å²) in [7, 11) is 0. The van der Waals surface area contributed by atoms with Gasteiger partial charge >= 0.3 is 0 Å². The van der Waals surface area contributed by atoms with Crippen LogP contribution >= 0.6 is 0 Å². The van der Waals surface area contributed by atoms with E-state index < -0.39 is 5.91 Å². The van der Waals surface area contributed by atoms with E-state index in [1.165, 1.54) is 0 Å². The van der Waals surface area contributed by atoms with Crippen LogP contribution in [0.25, 0.3) is 17.2 Å². The highest BCUT2D eigenvalue weighted by molar-refractivity contribution is 5.75. The van der Waals surface area contributed by atoms with Gasteiger partial charge in [-0.25, -0.2) is 14.6 Å². The summed E-state index contributed by atoms with van der Waals surface area (Å²) in [5.74, 6) is 0.622. The van der Waals surface area contributed by atoms with Crippen molar-refractivity contribution in [1.29, 1.82) is 0 Å². The average Bonchev–Trinajstić information content (AvgIpc) is 3.26. The first-order chi connectivity index (χ1) is 11.6. The van der Waals surface area contributed by atoms with Gasteiger partial charge in [0, 0.05) is 12.8 Å². The molecule has 1 unspecified atom stereocenters. The van der Waals surface area contributed by atoms with Gasteiger partial charge in [-0.15, -0.1) is 0 Å². The Hall–Kier alpha value is -2.74. The first-order valence-electron chi connectivity index (χ1n) is 7.89. The van der Waals surface area contributed by atoms with E-state index in [1.807, 2.05) is 40.4 Å².